The van der Waals surface area contributed by atoms with Crippen LogP contribution in [0.15, 0.2) is 52.9 Å². The predicted octanol–water partition coefficient (Wildman–Crippen LogP) is 5.38. The van der Waals surface area contributed by atoms with E-state index in [-0.39, 0.29) is 12.6 Å². The largest absolute Gasteiger partial charge is 0.497 e. The minimum absolute atomic E-state index is 0.210. The first-order chi connectivity index (χ1) is 16.0. The van der Waals surface area contributed by atoms with Gasteiger partial charge in [0.1, 0.15) is 23.2 Å². The molecule has 33 heavy (non-hydrogen) atoms. The van der Waals surface area contributed by atoms with E-state index in [1.165, 1.54) is 0 Å². The summed E-state index contributed by atoms with van der Waals surface area (Å²) in [5.74, 6) is 2.58. The number of urea groups is 1. The zero-order valence-electron chi connectivity index (χ0n) is 19.2. The van der Waals surface area contributed by atoms with Gasteiger partial charge < -0.3 is 18.8 Å². The van der Waals surface area contributed by atoms with Crippen LogP contribution < -0.4 is 9.47 Å². The number of aromatic nitrogens is 1. The number of piperidine rings is 1. The summed E-state index contributed by atoms with van der Waals surface area (Å²) in [7, 11) is 3.25. The Morgan fingerprint density at radius 2 is 1.67 bits per heavy atom. The summed E-state index contributed by atoms with van der Waals surface area (Å²) in [6.45, 7) is 2.48. The fraction of sp³-hybridized carbons (Fsp3) is 0.360. The van der Waals surface area contributed by atoms with Gasteiger partial charge in [-0.15, -0.1) is 0 Å². The van der Waals surface area contributed by atoms with Gasteiger partial charge in [-0.05, 0) is 74.7 Å². The van der Waals surface area contributed by atoms with E-state index in [0.29, 0.717) is 30.3 Å². The van der Waals surface area contributed by atoms with Crippen molar-refractivity contribution in [1.82, 2.24) is 14.9 Å². The van der Waals surface area contributed by atoms with Gasteiger partial charge in [-0.3, -0.25) is 5.21 Å². The second kappa shape index (κ2) is 9.95. The average Bonchev–Trinajstić information content (AvgIpc) is 3.33. The minimum atomic E-state index is -0.433. The maximum absolute atomic E-state index is 12.8. The molecule has 1 saturated heterocycles. The molecule has 3 aromatic rings. The molecule has 0 saturated carbocycles. The fourth-order valence-electron chi connectivity index (χ4n) is 4.06. The van der Waals surface area contributed by atoms with Gasteiger partial charge in [0.2, 0.25) is 5.89 Å². The van der Waals surface area contributed by atoms with Gasteiger partial charge >= 0.3 is 6.03 Å². The third-order valence-electron chi connectivity index (χ3n) is 5.91. The topological polar surface area (TPSA) is 88.3 Å². The van der Waals surface area contributed by atoms with Crippen molar-refractivity contribution >= 4 is 6.03 Å². The van der Waals surface area contributed by atoms with E-state index in [4.69, 9.17) is 18.9 Å². The number of hydroxylamine groups is 2. The molecule has 2 heterocycles. The number of rotatable bonds is 6. The third-order valence-corrected chi connectivity index (χ3v) is 5.91. The Hall–Kier alpha value is -3.52. The molecule has 2 aromatic carbocycles. The number of oxazole rings is 1. The van der Waals surface area contributed by atoms with Crippen LogP contribution in [0.2, 0.25) is 0 Å². The van der Waals surface area contributed by atoms with Crippen molar-refractivity contribution in [3.63, 3.8) is 0 Å². The molecule has 8 heteroatoms. The number of amides is 2. The van der Waals surface area contributed by atoms with Gasteiger partial charge in [0.25, 0.3) is 0 Å². The summed E-state index contributed by atoms with van der Waals surface area (Å²) in [4.78, 5) is 19.3. The maximum atomic E-state index is 12.8. The lowest BCUT2D eigenvalue weighted by Gasteiger charge is -2.35. The molecule has 1 fully saturated rings. The summed E-state index contributed by atoms with van der Waals surface area (Å²) in [5.41, 5.74) is 2.42. The average molecular weight is 452 g/mol. The van der Waals surface area contributed by atoms with E-state index < -0.39 is 6.03 Å². The van der Waals surface area contributed by atoms with Crippen LogP contribution in [0.4, 0.5) is 4.79 Å². The minimum Gasteiger partial charge on any atom is -0.497 e. The number of likely N-dealkylation sites (tertiary alicyclic amines) is 1. The number of hydrogen-bond donors (Lipinski definition) is 1. The monoisotopic (exact) mass is 451 g/mol. The normalized spacial score (nSPS) is 15.9. The lowest BCUT2D eigenvalue weighted by atomic mass is 10.0. The standard InChI is InChI=1S/C25H29N3O5/c1-4-28(30)25(29)27-16-6-5-7-21(27)24-26-22(17-8-12-19(31-2)13-9-17)23(33-24)18-10-14-20(32-3)15-11-18/h8-15,21,30H,4-7,16H2,1-3H3. The fourth-order valence-corrected chi connectivity index (χ4v) is 4.06. The number of benzene rings is 2. The zero-order valence-corrected chi connectivity index (χ0v) is 19.2. The first-order valence-corrected chi connectivity index (χ1v) is 11.1. The molecule has 8 nitrogen and oxygen atoms in total. The highest BCUT2D eigenvalue weighted by Gasteiger charge is 2.34. The van der Waals surface area contributed by atoms with Crippen LogP contribution in [0.5, 0.6) is 11.5 Å². The van der Waals surface area contributed by atoms with Crippen LogP contribution in [-0.2, 0) is 0 Å². The summed E-state index contributed by atoms with van der Waals surface area (Å²) in [6, 6.07) is 14.4. The third kappa shape index (κ3) is 4.66. The van der Waals surface area contributed by atoms with Crippen LogP contribution >= 0.6 is 0 Å². The van der Waals surface area contributed by atoms with Crippen LogP contribution in [0.25, 0.3) is 22.6 Å². The zero-order chi connectivity index (χ0) is 23.4. The molecule has 1 unspecified atom stereocenters. The van der Waals surface area contributed by atoms with Crippen molar-refractivity contribution in [2.75, 3.05) is 27.3 Å². The van der Waals surface area contributed by atoms with E-state index in [2.05, 4.69) is 0 Å². The predicted molar refractivity (Wildman–Crippen MR) is 123 cm³/mol. The Morgan fingerprint density at radius 1 is 1.06 bits per heavy atom. The van der Waals surface area contributed by atoms with Crippen LogP contribution in [0.3, 0.4) is 0 Å². The summed E-state index contributed by atoms with van der Waals surface area (Å²) in [6.07, 6.45) is 2.54. The second-order valence-electron chi connectivity index (χ2n) is 7.89. The Balaban J connectivity index is 1.78. The Kier molecular flexibility index (Phi) is 6.84. The number of ether oxygens (including phenoxy) is 2. The van der Waals surface area contributed by atoms with E-state index in [9.17, 15) is 10.0 Å². The lowest BCUT2D eigenvalue weighted by molar-refractivity contribution is -0.0602. The van der Waals surface area contributed by atoms with Gasteiger partial charge in [-0.25, -0.2) is 14.8 Å². The Morgan fingerprint density at radius 3 is 2.24 bits per heavy atom. The van der Waals surface area contributed by atoms with Crippen molar-refractivity contribution in [3.05, 3.63) is 54.4 Å². The lowest BCUT2D eigenvalue weighted by Crippen LogP contribution is -2.45. The summed E-state index contributed by atoms with van der Waals surface area (Å²) >= 11 is 0. The molecule has 0 bridgehead atoms. The molecule has 1 atom stereocenters. The molecule has 4 rings (SSSR count). The first-order valence-electron chi connectivity index (χ1n) is 11.1. The van der Waals surface area contributed by atoms with Gasteiger partial charge in [-0.2, -0.15) is 0 Å². The van der Waals surface area contributed by atoms with Gasteiger partial charge in [0, 0.05) is 24.2 Å². The number of nitrogens with zero attached hydrogens (tertiary/aromatic N) is 3. The number of carbonyl (C=O) groups is 1. The molecule has 0 aliphatic carbocycles. The number of methoxy groups -OCH3 is 2. The molecule has 0 spiro atoms. The number of carbonyl (C=O) groups excluding carboxylic acids is 1. The van der Waals surface area contributed by atoms with E-state index in [1.54, 1.807) is 26.0 Å². The molecule has 1 aromatic heterocycles. The molecule has 1 N–H and O–H groups in total. The van der Waals surface area contributed by atoms with E-state index in [1.807, 2.05) is 48.5 Å². The molecule has 0 radical (unpaired) electrons. The van der Waals surface area contributed by atoms with Gasteiger partial charge in [-0.1, -0.05) is 0 Å². The van der Waals surface area contributed by atoms with Crippen LogP contribution in [0, 0.1) is 0 Å². The highest BCUT2D eigenvalue weighted by atomic mass is 16.5. The molecular formula is C25H29N3O5. The van der Waals surface area contributed by atoms with Crippen molar-refractivity contribution in [2.24, 2.45) is 0 Å². The van der Waals surface area contributed by atoms with Crippen molar-refractivity contribution in [3.8, 4) is 34.1 Å². The van der Waals surface area contributed by atoms with Crippen molar-refractivity contribution in [1.29, 1.82) is 0 Å². The second-order valence-corrected chi connectivity index (χ2v) is 7.89. The molecule has 1 aliphatic heterocycles. The van der Waals surface area contributed by atoms with Crippen molar-refractivity contribution < 1.29 is 23.9 Å². The molecule has 1 aliphatic rings. The first kappa shape index (κ1) is 22.7. The molecule has 2 amide bonds. The molecule has 174 valence electrons. The van der Waals surface area contributed by atoms with E-state index >= 15 is 0 Å². The Bertz CT molecular complexity index is 1010. The highest BCUT2D eigenvalue weighted by Crippen LogP contribution is 2.39. The smallest absolute Gasteiger partial charge is 0.344 e. The van der Waals surface area contributed by atoms with Gasteiger partial charge in [0.05, 0.1) is 14.2 Å². The quantitative estimate of drug-likeness (QED) is 0.400. The van der Waals surface area contributed by atoms with E-state index in [0.717, 1.165) is 40.5 Å². The summed E-state index contributed by atoms with van der Waals surface area (Å²) in [5, 5.41) is 10.8. The van der Waals surface area contributed by atoms with Gasteiger partial charge in [0.15, 0.2) is 5.76 Å². The highest BCUT2D eigenvalue weighted by molar-refractivity contribution is 5.78. The van der Waals surface area contributed by atoms with Crippen molar-refractivity contribution in [2.45, 2.75) is 32.2 Å². The SMILES string of the molecule is CCN(O)C(=O)N1CCCCC1c1nc(-c2ccc(OC)cc2)c(-c2ccc(OC)cc2)o1. The van der Waals surface area contributed by atoms with Crippen LogP contribution in [-0.4, -0.2) is 53.5 Å². The molecular weight excluding hydrogens is 422 g/mol. The maximum Gasteiger partial charge on any atom is 0.344 e. The summed E-state index contributed by atoms with van der Waals surface area (Å²) < 4.78 is 16.9. The Labute approximate surface area is 193 Å². The number of hydrogen-bond acceptors (Lipinski definition) is 6. The van der Waals surface area contributed by atoms with Crippen LogP contribution in [0.1, 0.15) is 38.1 Å².